The van der Waals surface area contributed by atoms with E-state index in [0.29, 0.717) is 22.7 Å². The first kappa shape index (κ1) is 22.4. The molecule has 0 aromatic heterocycles. The second-order valence-electron chi connectivity index (χ2n) is 7.48. The minimum absolute atomic E-state index is 0.139. The molecule has 0 aliphatic heterocycles. The molecule has 3 aromatic carbocycles. The highest BCUT2D eigenvalue weighted by Crippen LogP contribution is 2.28. The molecule has 0 saturated carbocycles. The van der Waals surface area contributed by atoms with Gasteiger partial charge in [0.05, 0.1) is 17.7 Å². The van der Waals surface area contributed by atoms with Gasteiger partial charge in [0.2, 0.25) is 0 Å². The molecule has 1 N–H and O–H groups in total. The normalized spacial score (nSPS) is 11.1. The number of sulfonamides is 1. The number of anilines is 2. The average molecular weight is 439 g/mol. The molecule has 162 valence electrons. The SMILES string of the molecule is COc1ccc(S(=O)(=O)N(C)c2cc(C(=O)Nc3cc(C)cc(C)c3)ccc2C)cc1. The molecule has 0 saturated heterocycles. The molecule has 0 fully saturated rings. The number of methoxy groups -OCH3 is 1. The second kappa shape index (κ2) is 8.81. The molecule has 0 radical (unpaired) electrons. The van der Waals surface area contributed by atoms with E-state index in [9.17, 15) is 13.2 Å². The molecule has 0 atom stereocenters. The van der Waals surface area contributed by atoms with E-state index in [-0.39, 0.29) is 10.8 Å². The van der Waals surface area contributed by atoms with Gasteiger partial charge in [0.25, 0.3) is 15.9 Å². The predicted octanol–water partition coefficient (Wildman–Crippen LogP) is 4.70. The van der Waals surface area contributed by atoms with E-state index in [1.165, 1.54) is 30.6 Å². The minimum atomic E-state index is -3.81. The van der Waals surface area contributed by atoms with Crippen LogP contribution in [0.2, 0.25) is 0 Å². The number of hydrogen-bond acceptors (Lipinski definition) is 4. The Labute approximate surface area is 183 Å². The maximum atomic E-state index is 13.1. The van der Waals surface area contributed by atoms with Gasteiger partial charge in [-0.2, -0.15) is 0 Å². The van der Waals surface area contributed by atoms with Crippen molar-refractivity contribution in [1.29, 1.82) is 0 Å². The van der Waals surface area contributed by atoms with Crippen LogP contribution in [0.15, 0.2) is 65.6 Å². The van der Waals surface area contributed by atoms with Crippen LogP contribution in [0.4, 0.5) is 11.4 Å². The van der Waals surface area contributed by atoms with Gasteiger partial charge in [-0.25, -0.2) is 8.42 Å². The van der Waals surface area contributed by atoms with Crippen LogP contribution < -0.4 is 14.4 Å². The average Bonchev–Trinajstić information content (AvgIpc) is 2.72. The number of rotatable bonds is 6. The molecular formula is C24H26N2O4S. The highest BCUT2D eigenvalue weighted by atomic mass is 32.2. The van der Waals surface area contributed by atoms with Gasteiger partial charge >= 0.3 is 0 Å². The van der Waals surface area contributed by atoms with Gasteiger partial charge in [-0.1, -0.05) is 12.1 Å². The number of nitrogens with zero attached hydrogens (tertiary/aromatic N) is 1. The van der Waals surface area contributed by atoms with E-state index in [1.807, 2.05) is 32.0 Å². The topological polar surface area (TPSA) is 75.7 Å². The fourth-order valence-corrected chi connectivity index (χ4v) is 4.63. The molecule has 0 spiro atoms. The first-order valence-corrected chi connectivity index (χ1v) is 11.2. The number of benzene rings is 3. The first-order valence-electron chi connectivity index (χ1n) is 9.75. The molecule has 31 heavy (non-hydrogen) atoms. The van der Waals surface area contributed by atoms with Crippen molar-refractivity contribution in [2.45, 2.75) is 25.7 Å². The number of carbonyl (C=O) groups is 1. The lowest BCUT2D eigenvalue weighted by Crippen LogP contribution is -2.27. The van der Waals surface area contributed by atoms with Crippen molar-refractivity contribution in [1.82, 2.24) is 0 Å². The van der Waals surface area contributed by atoms with Crippen LogP contribution >= 0.6 is 0 Å². The van der Waals surface area contributed by atoms with E-state index in [4.69, 9.17) is 4.74 Å². The maximum absolute atomic E-state index is 13.1. The molecule has 3 rings (SSSR count). The van der Waals surface area contributed by atoms with Crippen molar-refractivity contribution >= 4 is 27.3 Å². The van der Waals surface area contributed by atoms with Gasteiger partial charge in [-0.3, -0.25) is 9.10 Å². The second-order valence-corrected chi connectivity index (χ2v) is 9.45. The molecule has 3 aromatic rings. The zero-order valence-corrected chi connectivity index (χ0v) is 19.1. The summed E-state index contributed by atoms with van der Waals surface area (Å²) in [4.78, 5) is 13.0. The molecule has 0 heterocycles. The van der Waals surface area contributed by atoms with Crippen LogP contribution in [0.3, 0.4) is 0 Å². The lowest BCUT2D eigenvalue weighted by Gasteiger charge is -2.22. The van der Waals surface area contributed by atoms with Crippen molar-refractivity contribution in [3.8, 4) is 5.75 Å². The van der Waals surface area contributed by atoms with Gasteiger partial charge in [-0.05, 0) is 86.0 Å². The van der Waals surface area contributed by atoms with E-state index < -0.39 is 10.0 Å². The van der Waals surface area contributed by atoms with Crippen LogP contribution in [-0.4, -0.2) is 28.5 Å². The van der Waals surface area contributed by atoms with Crippen molar-refractivity contribution in [2.75, 3.05) is 23.8 Å². The van der Waals surface area contributed by atoms with Crippen LogP contribution in [0.5, 0.6) is 5.75 Å². The standard InChI is InChI=1S/C24H26N2O4S/c1-16-12-17(2)14-20(13-16)25-24(27)19-7-6-18(3)23(15-19)26(4)31(28,29)22-10-8-21(30-5)9-11-22/h6-15H,1-5H3,(H,25,27). The predicted molar refractivity (Wildman–Crippen MR) is 124 cm³/mol. The Bertz CT molecular complexity index is 1200. The summed E-state index contributed by atoms with van der Waals surface area (Å²) < 4.78 is 32.5. The third kappa shape index (κ3) is 4.88. The number of ether oxygens (including phenoxy) is 1. The smallest absolute Gasteiger partial charge is 0.264 e. The monoisotopic (exact) mass is 438 g/mol. The minimum Gasteiger partial charge on any atom is -0.497 e. The Morgan fingerprint density at radius 2 is 1.52 bits per heavy atom. The van der Waals surface area contributed by atoms with Gasteiger partial charge in [-0.15, -0.1) is 0 Å². The zero-order chi connectivity index (χ0) is 22.8. The molecule has 0 unspecified atom stereocenters. The molecule has 1 amide bonds. The fraction of sp³-hybridized carbons (Fsp3) is 0.208. The van der Waals surface area contributed by atoms with Gasteiger partial charge < -0.3 is 10.1 Å². The Balaban J connectivity index is 1.91. The highest BCUT2D eigenvalue weighted by Gasteiger charge is 2.23. The summed E-state index contributed by atoms with van der Waals surface area (Å²) in [6.07, 6.45) is 0. The summed E-state index contributed by atoms with van der Waals surface area (Å²) in [6, 6.07) is 17.0. The van der Waals surface area contributed by atoms with Crippen molar-refractivity contribution in [2.24, 2.45) is 0 Å². The summed E-state index contributed by atoms with van der Waals surface area (Å²) in [5.74, 6) is 0.268. The largest absolute Gasteiger partial charge is 0.497 e. The molecule has 6 nitrogen and oxygen atoms in total. The zero-order valence-electron chi connectivity index (χ0n) is 18.3. The third-order valence-corrected chi connectivity index (χ3v) is 6.79. The van der Waals surface area contributed by atoms with E-state index in [0.717, 1.165) is 16.7 Å². The number of carbonyl (C=O) groups excluding carboxylic acids is 1. The van der Waals surface area contributed by atoms with Gasteiger partial charge in [0.15, 0.2) is 0 Å². The van der Waals surface area contributed by atoms with Crippen molar-refractivity contribution < 1.29 is 17.9 Å². The molecular weight excluding hydrogens is 412 g/mol. The van der Waals surface area contributed by atoms with Crippen molar-refractivity contribution in [3.63, 3.8) is 0 Å². The first-order chi connectivity index (χ1) is 14.6. The highest BCUT2D eigenvalue weighted by molar-refractivity contribution is 7.92. The Hall–Kier alpha value is -3.32. The van der Waals surface area contributed by atoms with Crippen LogP contribution in [0, 0.1) is 20.8 Å². The van der Waals surface area contributed by atoms with Gasteiger partial charge in [0, 0.05) is 18.3 Å². The third-order valence-electron chi connectivity index (χ3n) is 5.01. The lowest BCUT2D eigenvalue weighted by molar-refractivity contribution is 0.102. The van der Waals surface area contributed by atoms with Crippen molar-refractivity contribution in [3.05, 3.63) is 82.9 Å². The Kier molecular flexibility index (Phi) is 6.36. The summed E-state index contributed by atoms with van der Waals surface area (Å²) in [7, 11) is -0.805. The molecule has 0 aliphatic carbocycles. The van der Waals surface area contributed by atoms with E-state index >= 15 is 0 Å². The van der Waals surface area contributed by atoms with E-state index in [2.05, 4.69) is 5.32 Å². The fourth-order valence-electron chi connectivity index (χ4n) is 3.38. The summed E-state index contributed by atoms with van der Waals surface area (Å²) in [5.41, 5.74) is 4.34. The quantitative estimate of drug-likeness (QED) is 0.605. The maximum Gasteiger partial charge on any atom is 0.264 e. The molecule has 7 heteroatoms. The molecule has 0 bridgehead atoms. The number of amides is 1. The summed E-state index contributed by atoms with van der Waals surface area (Å²) in [5, 5.41) is 2.89. The van der Waals surface area contributed by atoms with Crippen LogP contribution in [-0.2, 0) is 10.0 Å². The molecule has 0 aliphatic rings. The Morgan fingerprint density at radius 3 is 2.10 bits per heavy atom. The number of hydrogen-bond donors (Lipinski definition) is 1. The summed E-state index contributed by atoms with van der Waals surface area (Å²) in [6.45, 7) is 5.73. The van der Waals surface area contributed by atoms with Crippen LogP contribution in [0.1, 0.15) is 27.0 Å². The number of aryl methyl sites for hydroxylation is 3. The van der Waals surface area contributed by atoms with Crippen LogP contribution in [0.25, 0.3) is 0 Å². The lowest BCUT2D eigenvalue weighted by atomic mass is 10.1. The number of nitrogens with one attached hydrogen (secondary N) is 1. The Morgan fingerprint density at radius 1 is 0.903 bits per heavy atom. The van der Waals surface area contributed by atoms with Gasteiger partial charge in [0.1, 0.15) is 5.75 Å². The summed E-state index contributed by atoms with van der Waals surface area (Å²) >= 11 is 0. The van der Waals surface area contributed by atoms with E-state index in [1.54, 1.807) is 37.3 Å².